The van der Waals surface area contributed by atoms with Gasteiger partial charge in [0.1, 0.15) is 0 Å². The highest BCUT2D eigenvalue weighted by molar-refractivity contribution is 9.11. The van der Waals surface area contributed by atoms with Crippen LogP contribution >= 0.6 is 66.7 Å². The first-order valence-electron chi connectivity index (χ1n) is 5.03. The fourth-order valence-corrected chi connectivity index (χ4v) is 3.49. The van der Waals surface area contributed by atoms with E-state index >= 15 is 0 Å². The van der Waals surface area contributed by atoms with E-state index in [-0.39, 0.29) is 4.83 Å². The van der Waals surface area contributed by atoms with Gasteiger partial charge in [0.05, 0.1) is 14.9 Å². The molecule has 1 atom stereocenters. The first-order chi connectivity index (χ1) is 8.49. The van der Waals surface area contributed by atoms with Gasteiger partial charge in [-0.3, -0.25) is 0 Å². The van der Waals surface area contributed by atoms with Crippen LogP contribution in [-0.2, 0) is 0 Å². The molecule has 0 nitrogen and oxygen atoms in total. The van der Waals surface area contributed by atoms with Crippen molar-refractivity contribution in [1.29, 1.82) is 0 Å². The zero-order chi connectivity index (χ0) is 13.3. The molecule has 2 aromatic rings. The number of hydrogen-bond donors (Lipinski definition) is 0. The Hall–Kier alpha value is 0.270. The van der Waals surface area contributed by atoms with Crippen molar-refractivity contribution in [2.75, 3.05) is 0 Å². The SMILES string of the molecule is Clc1ccc(Br)c(C(Br)c2ccc(Cl)c(Cl)c2)c1. The average Bonchev–Trinajstić information content (AvgIpc) is 2.35. The van der Waals surface area contributed by atoms with Gasteiger partial charge < -0.3 is 0 Å². The van der Waals surface area contributed by atoms with Crippen LogP contribution < -0.4 is 0 Å². The Bertz CT molecular complexity index is 584. The molecule has 2 rings (SSSR count). The highest BCUT2D eigenvalue weighted by atomic mass is 79.9. The van der Waals surface area contributed by atoms with E-state index in [1.807, 2.05) is 30.3 Å². The van der Waals surface area contributed by atoms with Crippen LogP contribution in [0.25, 0.3) is 0 Å². The lowest BCUT2D eigenvalue weighted by Gasteiger charge is -2.14. The summed E-state index contributed by atoms with van der Waals surface area (Å²) in [6, 6.07) is 11.2. The molecule has 1 unspecified atom stereocenters. The summed E-state index contributed by atoms with van der Waals surface area (Å²) in [7, 11) is 0. The molecule has 0 aliphatic rings. The lowest BCUT2D eigenvalue weighted by atomic mass is 10.1. The number of halogens is 5. The molecule has 0 amide bonds. The molecule has 94 valence electrons. The van der Waals surface area contributed by atoms with Gasteiger partial charge in [-0.05, 0) is 41.5 Å². The van der Waals surface area contributed by atoms with Gasteiger partial charge in [0, 0.05) is 9.50 Å². The third kappa shape index (κ3) is 3.23. The van der Waals surface area contributed by atoms with E-state index in [4.69, 9.17) is 34.8 Å². The van der Waals surface area contributed by atoms with Crippen LogP contribution in [0.3, 0.4) is 0 Å². The normalized spacial score (nSPS) is 12.5. The van der Waals surface area contributed by atoms with Crippen LogP contribution in [0.15, 0.2) is 40.9 Å². The van der Waals surface area contributed by atoms with Crippen molar-refractivity contribution in [3.8, 4) is 0 Å². The Labute approximate surface area is 137 Å². The molecule has 2 aromatic carbocycles. The molecule has 0 heterocycles. The maximum atomic E-state index is 6.03. The summed E-state index contributed by atoms with van der Waals surface area (Å²) in [5, 5.41) is 1.78. The third-order valence-electron chi connectivity index (χ3n) is 2.47. The predicted octanol–water partition coefficient (Wildman–Crippen LogP) is 6.89. The van der Waals surface area contributed by atoms with Gasteiger partial charge in [0.2, 0.25) is 0 Å². The zero-order valence-corrected chi connectivity index (χ0v) is 14.4. The summed E-state index contributed by atoms with van der Waals surface area (Å²) >= 11 is 25.1. The third-order valence-corrected chi connectivity index (χ3v) is 5.19. The number of rotatable bonds is 2. The van der Waals surface area contributed by atoms with E-state index in [0.717, 1.165) is 15.6 Å². The standard InChI is InChI=1S/C13H7Br2Cl3/c14-10-3-2-8(16)6-9(10)13(15)7-1-4-11(17)12(18)5-7/h1-6,13H. The summed E-state index contributed by atoms with van der Waals surface area (Å²) in [6.45, 7) is 0. The molecule has 0 fully saturated rings. The zero-order valence-electron chi connectivity index (χ0n) is 8.93. The highest BCUT2D eigenvalue weighted by Crippen LogP contribution is 2.38. The van der Waals surface area contributed by atoms with Crippen LogP contribution in [0.5, 0.6) is 0 Å². The van der Waals surface area contributed by atoms with E-state index in [9.17, 15) is 0 Å². The monoisotopic (exact) mass is 426 g/mol. The van der Waals surface area contributed by atoms with Gasteiger partial charge in [-0.1, -0.05) is 72.7 Å². The minimum atomic E-state index is 0.000316. The Kier molecular flexibility index (Phi) is 5.01. The van der Waals surface area contributed by atoms with Crippen molar-refractivity contribution < 1.29 is 0 Å². The Morgan fingerprint density at radius 3 is 2.28 bits per heavy atom. The molecule has 5 heteroatoms. The minimum Gasteiger partial charge on any atom is -0.0843 e. The van der Waals surface area contributed by atoms with Gasteiger partial charge in [-0.2, -0.15) is 0 Å². The van der Waals surface area contributed by atoms with Crippen LogP contribution in [0.2, 0.25) is 15.1 Å². The summed E-state index contributed by atoms with van der Waals surface area (Å²) in [4.78, 5) is 0.000316. The second-order valence-corrected chi connectivity index (χ2v) is 6.72. The van der Waals surface area contributed by atoms with Gasteiger partial charge in [-0.15, -0.1) is 0 Å². The maximum Gasteiger partial charge on any atom is 0.0656 e. The van der Waals surface area contributed by atoms with E-state index in [2.05, 4.69) is 31.9 Å². The Morgan fingerprint density at radius 1 is 0.889 bits per heavy atom. The molecule has 0 radical (unpaired) electrons. The van der Waals surface area contributed by atoms with Crippen LogP contribution in [-0.4, -0.2) is 0 Å². The molecule has 18 heavy (non-hydrogen) atoms. The maximum absolute atomic E-state index is 6.03. The Morgan fingerprint density at radius 2 is 1.61 bits per heavy atom. The average molecular weight is 429 g/mol. The fraction of sp³-hybridized carbons (Fsp3) is 0.0769. The van der Waals surface area contributed by atoms with Gasteiger partial charge in [0.15, 0.2) is 0 Å². The summed E-state index contributed by atoms with van der Waals surface area (Å²) in [5.41, 5.74) is 2.06. The van der Waals surface area contributed by atoms with Gasteiger partial charge in [-0.25, -0.2) is 0 Å². The second-order valence-electron chi connectivity index (χ2n) is 3.70. The molecular formula is C13H7Br2Cl3. The molecule has 0 aliphatic carbocycles. The van der Waals surface area contributed by atoms with Crippen molar-refractivity contribution in [2.24, 2.45) is 0 Å². The quantitative estimate of drug-likeness (QED) is 0.456. The molecule has 0 aromatic heterocycles. The molecule has 0 aliphatic heterocycles. The van der Waals surface area contributed by atoms with E-state index in [0.29, 0.717) is 15.1 Å². The smallest absolute Gasteiger partial charge is 0.0656 e. The largest absolute Gasteiger partial charge is 0.0843 e. The second kappa shape index (κ2) is 6.15. The summed E-state index contributed by atoms with van der Waals surface area (Å²) < 4.78 is 0.986. The first kappa shape index (κ1) is 14.7. The molecule has 0 bridgehead atoms. The highest BCUT2D eigenvalue weighted by Gasteiger charge is 2.15. The van der Waals surface area contributed by atoms with Crippen LogP contribution in [0.4, 0.5) is 0 Å². The number of benzene rings is 2. The predicted molar refractivity (Wildman–Crippen MR) is 86.4 cm³/mol. The van der Waals surface area contributed by atoms with Gasteiger partial charge >= 0.3 is 0 Å². The van der Waals surface area contributed by atoms with E-state index < -0.39 is 0 Å². The van der Waals surface area contributed by atoms with Crippen LogP contribution in [0, 0.1) is 0 Å². The molecule has 0 N–H and O–H groups in total. The number of hydrogen-bond acceptors (Lipinski definition) is 0. The summed E-state index contributed by atoms with van der Waals surface area (Å²) in [6.07, 6.45) is 0. The van der Waals surface area contributed by atoms with Crippen molar-refractivity contribution in [3.05, 3.63) is 67.1 Å². The van der Waals surface area contributed by atoms with Crippen molar-refractivity contribution in [1.82, 2.24) is 0 Å². The summed E-state index contributed by atoms with van der Waals surface area (Å²) in [5.74, 6) is 0. The van der Waals surface area contributed by atoms with Crippen molar-refractivity contribution in [3.63, 3.8) is 0 Å². The lowest BCUT2D eigenvalue weighted by molar-refractivity contribution is 1.16. The first-order valence-corrected chi connectivity index (χ1v) is 7.87. The molecular weight excluding hydrogens is 422 g/mol. The molecule has 0 saturated carbocycles. The van der Waals surface area contributed by atoms with Crippen molar-refractivity contribution in [2.45, 2.75) is 4.83 Å². The van der Waals surface area contributed by atoms with Crippen molar-refractivity contribution >= 4 is 66.7 Å². The van der Waals surface area contributed by atoms with Gasteiger partial charge in [0.25, 0.3) is 0 Å². The van der Waals surface area contributed by atoms with E-state index in [1.165, 1.54) is 0 Å². The van der Waals surface area contributed by atoms with E-state index in [1.54, 1.807) is 6.07 Å². The van der Waals surface area contributed by atoms with Crippen LogP contribution in [0.1, 0.15) is 16.0 Å². The Balaban J connectivity index is 2.44. The minimum absolute atomic E-state index is 0.000316. The fourth-order valence-electron chi connectivity index (χ4n) is 1.56. The number of alkyl halides is 1. The molecule has 0 spiro atoms. The lowest BCUT2D eigenvalue weighted by Crippen LogP contribution is -1.94. The molecule has 0 saturated heterocycles. The topological polar surface area (TPSA) is 0 Å².